The van der Waals surface area contributed by atoms with E-state index in [9.17, 15) is 19.8 Å². The van der Waals surface area contributed by atoms with Crippen LogP contribution in [0.4, 0.5) is 5.13 Å². The van der Waals surface area contributed by atoms with Gasteiger partial charge in [0.05, 0.1) is 46.6 Å². The number of hydrogen-bond acceptors (Lipinski definition) is 9. The zero-order valence-corrected chi connectivity index (χ0v) is 25.6. The molecule has 1 fully saturated rings. The molecule has 1 saturated heterocycles. The molecule has 0 aliphatic carbocycles. The Kier molecular flexibility index (Phi) is 8.69. The number of anilines is 1. The topological polar surface area (TPSA) is 118 Å². The van der Waals surface area contributed by atoms with Gasteiger partial charge in [-0.2, -0.15) is 0 Å². The number of nitrogens with zero attached hydrogens (tertiary/aromatic N) is 2. The summed E-state index contributed by atoms with van der Waals surface area (Å²) in [6, 6.07) is 14.2. The van der Waals surface area contributed by atoms with Gasteiger partial charge in [-0.15, -0.1) is 0 Å². The number of ether oxygens (including phenoxy) is 3. The molecule has 2 N–H and O–H groups in total. The maximum absolute atomic E-state index is 13.7. The average Bonchev–Trinajstić information content (AvgIpc) is 3.52. The number of methoxy groups -OCH3 is 1. The van der Waals surface area contributed by atoms with Crippen LogP contribution in [0.1, 0.15) is 43.9 Å². The van der Waals surface area contributed by atoms with E-state index in [1.807, 2.05) is 13.0 Å². The number of aromatic nitrogens is 1. The lowest BCUT2D eigenvalue weighted by Gasteiger charge is -2.24. The number of Topliss-reactive ketones (excluding diaryl/α,β-unsaturated/α-hetero) is 1. The molecule has 11 heteroatoms. The number of fused-ring (bicyclic) bond motifs is 1. The molecule has 0 spiro atoms. The van der Waals surface area contributed by atoms with E-state index < -0.39 is 17.7 Å². The Hall–Kier alpha value is -4.09. The number of thiazole rings is 1. The number of rotatable bonds is 10. The summed E-state index contributed by atoms with van der Waals surface area (Å²) in [6.45, 7) is 4.95. The van der Waals surface area contributed by atoms with Crippen LogP contribution in [0.25, 0.3) is 16.0 Å². The summed E-state index contributed by atoms with van der Waals surface area (Å²) in [5.41, 5.74) is 1.24. The first kappa shape index (κ1) is 29.4. The quantitative estimate of drug-likeness (QED) is 0.0815. The molecular weight excluding hydrogens is 624 g/mol. The molecule has 9 nitrogen and oxygen atoms in total. The fourth-order valence-corrected chi connectivity index (χ4v) is 6.21. The second kappa shape index (κ2) is 12.4. The van der Waals surface area contributed by atoms with Crippen molar-refractivity contribution in [1.82, 2.24) is 4.98 Å². The minimum absolute atomic E-state index is 0.125. The highest BCUT2D eigenvalue weighted by atomic mass is 79.9. The number of unbranched alkanes of at least 4 members (excludes halogenated alkanes) is 1. The van der Waals surface area contributed by atoms with Crippen LogP contribution in [-0.2, 0) is 9.59 Å². The zero-order chi connectivity index (χ0) is 30.0. The number of phenols is 1. The van der Waals surface area contributed by atoms with E-state index in [4.69, 9.17) is 14.2 Å². The third kappa shape index (κ3) is 5.54. The van der Waals surface area contributed by atoms with Crippen LogP contribution in [0.15, 0.2) is 64.6 Å². The number of aliphatic hydroxyl groups excluding tert-OH is 1. The highest BCUT2D eigenvalue weighted by Crippen LogP contribution is 2.47. The number of phenolic OH excluding ortho intramolecular Hbond substituents is 1. The van der Waals surface area contributed by atoms with Gasteiger partial charge in [0.1, 0.15) is 17.3 Å². The summed E-state index contributed by atoms with van der Waals surface area (Å²) in [5.74, 6) is -0.891. The molecular formula is C31H29BrN2O7S. The number of halogens is 1. The second-order valence-corrected chi connectivity index (χ2v) is 11.4. The maximum Gasteiger partial charge on any atom is 0.301 e. The van der Waals surface area contributed by atoms with Crippen LogP contribution in [0.3, 0.4) is 0 Å². The second-order valence-electron chi connectivity index (χ2n) is 9.51. The lowest BCUT2D eigenvalue weighted by molar-refractivity contribution is -0.132. The molecule has 1 aliphatic rings. The van der Waals surface area contributed by atoms with Gasteiger partial charge in [0, 0.05) is 5.56 Å². The SMILES string of the molecule is CCCCOc1cccc(/C(O)=C2\C(=O)C(=O)N(c3nc4ccc(OCC)cc4s3)C2c2cc(Br)c(O)c(OC)c2)c1. The Morgan fingerprint density at radius 2 is 1.86 bits per heavy atom. The van der Waals surface area contributed by atoms with Gasteiger partial charge < -0.3 is 24.4 Å². The minimum atomic E-state index is -1.08. The Morgan fingerprint density at radius 3 is 2.60 bits per heavy atom. The maximum atomic E-state index is 13.7. The summed E-state index contributed by atoms with van der Waals surface area (Å²) < 4.78 is 17.8. The van der Waals surface area contributed by atoms with Crippen LogP contribution in [0.2, 0.25) is 0 Å². The van der Waals surface area contributed by atoms with Crippen molar-refractivity contribution in [3.8, 4) is 23.0 Å². The number of amides is 1. The van der Waals surface area contributed by atoms with Crippen LogP contribution >= 0.6 is 27.3 Å². The van der Waals surface area contributed by atoms with Gasteiger partial charge in [-0.3, -0.25) is 14.5 Å². The first-order valence-electron chi connectivity index (χ1n) is 13.4. The van der Waals surface area contributed by atoms with Crippen molar-refractivity contribution in [2.45, 2.75) is 32.7 Å². The van der Waals surface area contributed by atoms with Crippen molar-refractivity contribution in [1.29, 1.82) is 0 Å². The van der Waals surface area contributed by atoms with E-state index in [0.717, 1.165) is 17.5 Å². The minimum Gasteiger partial charge on any atom is -0.507 e. The molecule has 1 amide bonds. The van der Waals surface area contributed by atoms with Crippen LogP contribution in [-0.4, -0.2) is 47.2 Å². The molecule has 218 valence electrons. The predicted molar refractivity (Wildman–Crippen MR) is 165 cm³/mol. The largest absolute Gasteiger partial charge is 0.507 e. The highest BCUT2D eigenvalue weighted by Gasteiger charge is 2.48. The molecule has 3 aromatic carbocycles. The molecule has 0 radical (unpaired) electrons. The molecule has 1 aromatic heterocycles. The number of hydrogen-bond donors (Lipinski definition) is 2. The van der Waals surface area contributed by atoms with Crippen molar-refractivity contribution < 1.29 is 34.0 Å². The molecule has 2 heterocycles. The van der Waals surface area contributed by atoms with Gasteiger partial charge in [0.15, 0.2) is 16.6 Å². The molecule has 0 bridgehead atoms. The van der Waals surface area contributed by atoms with Crippen LogP contribution in [0.5, 0.6) is 23.0 Å². The van der Waals surface area contributed by atoms with Crippen molar-refractivity contribution in [2.75, 3.05) is 25.2 Å². The van der Waals surface area contributed by atoms with Gasteiger partial charge in [-0.25, -0.2) is 4.98 Å². The summed E-state index contributed by atoms with van der Waals surface area (Å²) >= 11 is 4.57. The Morgan fingerprint density at radius 1 is 1.07 bits per heavy atom. The van der Waals surface area contributed by atoms with E-state index in [1.165, 1.54) is 29.4 Å². The molecule has 5 rings (SSSR count). The Labute approximate surface area is 255 Å². The lowest BCUT2D eigenvalue weighted by Crippen LogP contribution is -2.29. The van der Waals surface area contributed by atoms with Crippen molar-refractivity contribution >= 4 is 60.1 Å². The van der Waals surface area contributed by atoms with Crippen molar-refractivity contribution in [3.63, 3.8) is 0 Å². The zero-order valence-electron chi connectivity index (χ0n) is 23.2. The van der Waals surface area contributed by atoms with E-state index in [0.29, 0.717) is 45.8 Å². The van der Waals surface area contributed by atoms with Gasteiger partial charge in [-0.05, 0) is 77.3 Å². The van der Waals surface area contributed by atoms with Crippen molar-refractivity contribution in [3.05, 3.63) is 75.8 Å². The van der Waals surface area contributed by atoms with Gasteiger partial charge in [0.2, 0.25) is 0 Å². The standard InChI is InChI=1S/C31H29BrN2O7S/c1-4-6-12-41-19-9-7-8-17(13-19)27(35)25-26(18-14-21(32)28(36)23(15-18)39-3)34(30(38)29(25)37)31-33-22-11-10-20(40-5-2)16-24(22)42-31/h7-11,13-16,26,35-36H,4-6,12H2,1-3H3/b27-25+. The summed E-state index contributed by atoms with van der Waals surface area (Å²) in [5, 5.41) is 22.3. The average molecular weight is 654 g/mol. The number of ketones is 1. The van der Waals surface area contributed by atoms with E-state index >= 15 is 0 Å². The number of aromatic hydroxyl groups is 1. The summed E-state index contributed by atoms with van der Waals surface area (Å²) in [7, 11) is 1.40. The predicted octanol–water partition coefficient (Wildman–Crippen LogP) is 6.98. The van der Waals surface area contributed by atoms with Gasteiger partial charge in [0.25, 0.3) is 5.78 Å². The third-order valence-electron chi connectivity index (χ3n) is 6.77. The normalized spacial score (nSPS) is 16.3. The summed E-state index contributed by atoms with van der Waals surface area (Å²) in [4.78, 5) is 33.3. The van der Waals surface area contributed by atoms with E-state index in [-0.39, 0.29) is 28.0 Å². The van der Waals surface area contributed by atoms with E-state index in [2.05, 4.69) is 27.8 Å². The molecule has 1 atom stereocenters. The highest BCUT2D eigenvalue weighted by molar-refractivity contribution is 9.10. The van der Waals surface area contributed by atoms with Crippen LogP contribution in [0, 0.1) is 0 Å². The fourth-order valence-electron chi connectivity index (χ4n) is 4.73. The molecule has 1 unspecified atom stereocenters. The monoisotopic (exact) mass is 652 g/mol. The molecule has 0 saturated carbocycles. The molecule has 1 aliphatic heterocycles. The number of carbonyl (C=O) groups excluding carboxylic acids is 2. The van der Waals surface area contributed by atoms with Crippen molar-refractivity contribution in [2.24, 2.45) is 0 Å². The van der Waals surface area contributed by atoms with Gasteiger partial charge >= 0.3 is 5.91 Å². The Bertz CT molecular complexity index is 1700. The molecule has 4 aromatic rings. The first-order chi connectivity index (χ1) is 20.3. The molecule has 42 heavy (non-hydrogen) atoms. The van der Waals surface area contributed by atoms with Crippen LogP contribution < -0.4 is 19.1 Å². The Balaban J connectivity index is 1.68. The number of carbonyl (C=O) groups is 2. The number of benzene rings is 3. The third-order valence-corrected chi connectivity index (χ3v) is 8.39. The van der Waals surface area contributed by atoms with Gasteiger partial charge in [-0.1, -0.05) is 36.8 Å². The number of aliphatic hydroxyl groups is 1. The fraction of sp³-hybridized carbons (Fsp3) is 0.258. The lowest BCUT2D eigenvalue weighted by atomic mass is 9.95. The smallest absolute Gasteiger partial charge is 0.301 e. The van der Waals surface area contributed by atoms with E-state index in [1.54, 1.807) is 42.5 Å². The first-order valence-corrected chi connectivity index (χ1v) is 15.0. The summed E-state index contributed by atoms with van der Waals surface area (Å²) in [6.07, 6.45) is 1.83.